The zero-order valence-corrected chi connectivity index (χ0v) is 5.81. The molecule has 1 aliphatic heterocycles. The molecule has 6 heteroatoms. The highest BCUT2D eigenvalue weighted by Gasteiger charge is 2.59. The highest BCUT2D eigenvalue weighted by molar-refractivity contribution is 4.78. The Morgan fingerprint density at radius 2 is 2.09 bits per heavy atom. The summed E-state index contributed by atoms with van der Waals surface area (Å²) in [4.78, 5) is 0. The molecule has 1 saturated heterocycles. The number of alkyl halides is 3. The predicted molar refractivity (Wildman–Crippen MR) is 29.5 cm³/mol. The Morgan fingerprint density at radius 3 is 2.27 bits per heavy atom. The predicted octanol–water partition coefficient (Wildman–Crippen LogP) is 0.597. The lowest BCUT2D eigenvalue weighted by molar-refractivity contribution is -0.344. The van der Waals surface area contributed by atoms with E-state index in [9.17, 15) is 13.2 Å². The fraction of sp³-hybridized carbons (Fsp3) is 1.00. The van der Waals surface area contributed by atoms with E-state index in [0.717, 1.165) is 0 Å². The molecule has 0 unspecified atom stereocenters. The van der Waals surface area contributed by atoms with E-state index >= 15 is 0 Å². The lowest BCUT2D eigenvalue weighted by atomic mass is 10.4. The third-order valence-electron chi connectivity index (χ3n) is 1.30. The summed E-state index contributed by atoms with van der Waals surface area (Å²) in [5.74, 6) is -2.90. The van der Waals surface area contributed by atoms with Crippen molar-refractivity contribution in [2.24, 2.45) is 5.73 Å². The van der Waals surface area contributed by atoms with Crippen molar-refractivity contribution in [2.45, 2.75) is 25.1 Å². The van der Waals surface area contributed by atoms with Gasteiger partial charge in [0.2, 0.25) is 0 Å². The van der Waals surface area contributed by atoms with Crippen LogP contribution in [0.2, 0.25) is 0 Å². The van der Waals surface area contributed by atoms with E-state index < -0.39 is 18.2 Å². The fourth-order valence-electron chi connectivity index (χ4n) is 0.757. The van der Waals surface area contributed by atoms with Gasteiger partial charge in [-0.15, -0.1) is 0 Å². The standard InChI is InChI=1S/C5H8F3NO2/c1-3-2-10-5(9,11-3)4(6,7)8/h3H,2,9H2,1H3/t3-,5+/m0/s1. The molecule has 0 aromatic heterocycles. The zero-order chi connectivity index (χ0) is 8.70. The molecule has 2 N–H and O–H groups in total. The largest absolute Gasteiger partial charge is 0.459 e. The number of ether oxygens (including phenoxy) is 2. The van der Waals surface area contributed by atoms with E-state index in [0.29, 0.717) is 0 Å². The first-order valence-corrected chi connectivity index (χ1v) is 3.02. The van der Waals surface area contributed by atoms with Gasteiger partial charge in [0.1, 0.15) is 0 Å². The molecule has 0 aromatic rings. The Morgan fingerprint density at radius 1 is 1.55 bits per heavy atom. The molecular weight excluding hydrogens is 163 g/mol. The molecule has 1 aliphatic rings. The van der Waals surface area contributed by atoms with Crippen LogP contribution in [-0.2, 0) is 9.47 Å². The molecule has 0 bridgehead atoms. The number of nitrogens with two attached hydrogens (primary N) is 1. The summed E-state index contributed by atoms with van der Waals surface area (Å²) in [6.45, 7) is 1.33. The Hall–Kier alpha value is -0.330. The highest BCUT2D eigenvalue weighted by atomic mass is 19.4. The third-order valence-corrected chi connectivity index (χ3v) is 1.30. The summed E-state index contributed by atoms with van der Waals surface area (Å²) >= 11 is 0. The Balaban J connectivity index is 2.69. The first-order valence-electron chi connectivity index (χ1n) is 3.02. The molecule has 11 heavy (non-hydrogen) atoms. The molecule has 0 aliphatic carbocycles. The van der Waals surface area contributed by atoms with Crippen molar-refractivity contribution in [2.75, 3.05) is 6.61 Å². The molecule has 1 rings (SSSR count). The van der Waals surface area contributed by atoms with Crippen LogP contribution >= 0.6 is 0 Å². The van der Waals surface area contributed by atoms with Gasteiger partial charge in [0, 0.05) is 0 Å². The van der Waals surface area contributed by atoms with Gasteiger partial charge in [0.25, 0.3) is 0 Å². The van der Waals surface area contributed by atoms with E-state index in [1.165, 1.54) is 6.92 Å². The number of rotatable bonds is 0. The topological polar surface area (TPSA) is 44.5 Å². The van der Waals surface area contributed by atoms with Crippen LogP contribution in [0.15, 0.2) is 0 Å². The number of hydrogen-bond acceptors (Lipinski definition) is 3. The Kier molecular flexibility index (Phi) is 1.85. The molecule has 1 fully saturated rings. The quantitative estimate of drug-likeness (QED) is 0.580. The molecule has 0 spiro atoms. The van der Waals surface area contributed by atoms with Gasteiger partial charge < -0.3 is 9.47 Å². The Labute approximate surface area is 61.3 Å². The molecule has 0 amide bonds. The monoisotopic (exact) mass is 171 g/mol. The highest BCUT2D eigenvalue weighted by Crippen LogP contribution is 2.34. The maximum atomic E-state index is 11.9. The van der Waals surface area contributed by atoms with Crippen molar-refractivity contribution in [3.63, 3.8) is 0 Å². The number of hydrogen-bond donors (Lipinski definition) is 1. The Bertz CT molecular complexity index is 160. The van der Waals surface area contributed by atoms with E-state index in [2.05, 4.69) is 9.47 Å². The van der Waals surface area contributed by atoms with E-state index in [1.54, 1.807) is 0 Å². The van der Waals surface area contributed by atoms with Crippen molar-refractivity contribution in [1.29, 1.82) is 0 Å². The van der Waals surface area contributed by atoms with Gasteiger partial charge in [-0.25, -0.2) is 0 Å². The maximum absolute atomic E-state index is 11.9. The summed E-state index contributed by atoms with van der Waals surface area (Å²) in [7, 11) is 0. The molecule has 0 aromatic carbocycles. The molecule has 66 valence electrons. The summed E-state index contributed by atoms with van der Waals surface area (Å²) in [6, 6.07) is 0. The van der Waals surface area contributed by atoms with Crippen LogP contribution < -0.4 is 5.73 Å². The summed E-state index contributed by atoms with van der Waals surface area (Å²) < 4.78 is 44.4. The zero-order valence-electron chi connectivity index (χ0n) is 5.81. The molecule has 2 atom stereocenters. The third kappa shape index (κ3) is 1.47. The van der Waals surface area contributed by atoms with Crippen LogP contribution in [0.25, 0.3) is 0 Å². The average molecular weight is 171 g/mol. The number of halogens is 3. The van der Waals surface area contributed by atoms with Gasteiger partial charge in [-0.1, -0.05) is 0 Å². The minimum atomic E-state index is -4.67. The first kappa shape index (κ1) is 8.76. The normalized spacial score (nSPS) is 39.5. The van der Waals surface area contributed by atoms with E-state index in [-0.39, 0.29) is 6.61 Å². The smallest absolute Gasteiger partial charge is 0.328 e. The van der Waals surface area contributed by atoms with Gasteiger partial charge in [0.15, 0.2) is 0 Å². The van der Waals surface area contributed by atoms with Gasteiger partial charge in [-0.05, 0) is 6.92 Å². The van der Waals surface area contributed by atoms with Gasteiger partial charge in [0.05, 0.1) is 12.7 Å². The maximum Gasteiger partial charge on any atom is 0.459 e. The second-order valence-electron chi connectivity index (χ2n) is 2.40. The lowest BCUT2D eigenvalue weighted by Gasteiger charge is -2.24. The van der Waals surface area contributed by atoms with Crippen LogP contribution in [0, 0.1) is 0 Å². The van der Waals surface area contributed by atoms with Crippen LogP contribution in [-0.4, -0.2) is 24.8 Å². The first-order chi connectivity index (χ1) is 4.85. The molecular formula is C5H8F3NO2. The van der Waals surface area contributed by atoms with Gasteiger partial charge in [-0.3, -0.25) is 5.73 Å². The fourth-order valence-corrected chi connectivity index (χ4v) is 0.757. The molecule has 1 heterocycles. The van der Waals surface area contributed by atoms with Crippen molar-refractivity contribution >= 4 is 0 Å². The van der Waals surface area contributed by atoms with E-state index in [4.69, 9.17) is 5.73 Å². The van der Waals surface area contributed by atoms with Crippen molar-refractivity contribution in [3.8, 4) is 0 Å². The van der Waals surface area contributed by atoms with Crippen LogP contribution in [0.5, 0.6) is 0 Å². The molecule has 0 radical (unpaired) electrons. The lowest BCUT2D eigenvalue weighted by Crippen LogP contribution is -2.54. The van der Waals surface area contributed by atoms with Gasteiger partial charge in [-0.2, -0.15) is 13.2 Å². The minimum Gasteiger partial charge on any atom is -0.328 e. The minimum absolute atomic E-state index is 0.129. The summed E-state index contributed by atoms with van der Waals surface area (Å²) in [6.07, 6.45) is -5.28. The van der Waals surface area contributed by atoms with Crippen molar-refractivity contribution < 1.29 is 22.6 Å². The van der Waals surface area contributed by atoms with Gasteiger partial charge >= 0.3 is 12.1 Å². The van der Waals surface area contributed by atoms with Crippen molar-refractivity contribution in [3.05, 3.63) is 0 Å². The second kappa shape index (κ2) is 2.33. The summed E-state index contributed by atoms with van der Waals surface area (Å²) in [5.41, 5.74) is 4.76. The second-order valence-corrected chi connectivity index (χ2v) is 2.40. The van der Waals surface area contributed by atoms with Crippen LogP contribution in [0.1, 0.15) is 6.92 Å². The average Bonchev–Trinajstić information content (AvgIpc) is 2.10. The van der Waals surface area contributed by atoms with Crippen LogP contribution in [0.4, 0.5) is 13.2 Å². The summed E-state index contributed by atoms with van der Waals surface area (Å²) in [5, 5.41) is 0. The van der Waals surface area contributed by atoms with Crippen LogP contribution in [0.3, 0.4) is 0 Å². The van der Waals surface area contributed by atoms with E-state index in [1.807, 2.05) is 0 Å². The molecule has 3 nitrogen and oxygen atoms in total. The van der Waals surface area contributed by atoms with Crippen molar-refractivity contribution in [1.82, 2.24) is 0 Å². The SMILES string of the molecule is C[C@H]1CO[C@](N)(C(F)(F)F)O1. The molecule has 0 saturated carbocycles.